The van der Waals surface area contributed by atoms with E-state index < -0.39 is 18.3 Å². The molecule has 0 aromatic rings. The van der Waals surface area contributed by atoms with Crippen LogP contribution in [0.2, 0.25) is 0 Å². The zero-order valence-corrected chi connectivity index (χ0v) is 4.00. The van der Waals surface area contributed by atoms with E-state index in [0.717, 1.165) is 0 Å². The van der Waals surface area contributed by atoms with Gasteiger partial charge in [-0.05, 0) is 0 Å². The van der Waals surface area contributed by atoms with E-state index in [1.807, 2.05) is 0 Å². The van der Waals surface area contributed by atoms with Gasteiger partial charge >= 0.3 is 5.97 Å². The zero-order chi connectivity index (χ0) is 6.78. The van der Waals surface area contributed by atoms with Crippen molar-refractivity contribution in [2.75, 3.05) is 6.61 Å². The number of aliphatic hydroxyl groups is 1. The van der Waals surface area contributed by atoms with Crippen molar-refractivity contribution in [1.82, 2.24) is 0 Å². The quantitative estimate of drug-likeness (QED) is 0.372. The van der Waals surface area contributed by atoms with Crippen LogP contribution in [-0.4, -0.2) is 28.5 Å². The molecule has 0 bridgehead atoms. The molecular weight excluding hydrogens is 114 g/mol. The van der Waals surface area contributed by atoms with Gasteiger partial charge in [-0.1, -0.05) is 0 Å². The van der Waals surface area contributed by atoms with Crippen LogP contribution in [0.1, 0.15) is 0 Å². The third-order valence-corrected chi connectivity index (χ3v) is 0.597. The maximum Gasteiger partial charge on any atom is 0.356 e. The molecule has 0 aromatic carbocycles. The maximum atomic E-state index is 10.1. The minimum Gasteiger partial charge on any atom is -0.478 e. The molecule has 0 amide bonds. The number of aliphatic hydroxyl groups excluding tert-OH is 1. The summed E-state index contributed by atoms with van der Waals surface area (Å²) in [5, 5.41) is 25.9. The fourth-order valence-corrected chi connectivity index (χ4v) is 0.0676. The van der Waals surface area contributed by atoms with E-state index in [2.05, 4.69) is 5.73 Å². The third kappa shape index (κ3) is 1.45. The summed E-state index contributed by atoms with van der Waals surface area (Å²) in [4.78, 5) is 9.65. The Morgan fingerprint density at radius 1 is 1.75 bits per heavy atom. The van der Waals surface area contributed by atoms with Crippen molar-refractivity contribution in [3.63, 3.8) is 0 Å². The van der Waals surface area contributed by atoms with Gasteiger partial charge in [-0.3, -0.25) is 5.73 Å². The largest absolute Gasteiger partial charge is 0.478 e. The van der Waals surface area contributed by atoms with Gasteiger partial charge in [-0.25, -0.2) is 4.79 Å². The highest BCUT2D eigenvalue weighted by atomic mass is 16.4. The fraction of sp³-hybridized carbons (Fsp3) is 0.667. The molecule has 0 saturated heterocycles. The summed E-state index contributed by atoms with van der Waals surface area (Å²) in [6.07, 6.45) is 0. The molecule has 0 aromatic heterocycles. The fourth-order valence-electron chi connectivity index (χ4n) is 0.0676. The second kappa shape index (κ2) is 2.08. The van der Waals surface area contributed by atoms with Crippen LogP contribution in [-0.2, 0) is 9.90 Å². The number of hydrogen-bond acceptors (Lipinski definition) is 3. The van der Waals surface area contributed by atoms with Crippen molar-refractivity contribution in [1.29, 1.82) is 0 Å². The van der Waals surface area contributed by atoms with Gasteiger partial charge in [0, 0.05) is 0 Å². The van der Waals surface area contributed by atoms with Crippen molar-refractivity contribution in [3.8, 4) is 0 Å². The minimum atomic E-state index is -2.74. The van der Waals surface area contributed by atoms with Crippen molar-refractivity contribution in [2.45, 2.75) is 5.72 Å². The Kier molecular flexibility index (Phi) is 1.91. The lowest BCUT2D eigenvalue weighted by molar-refractivity contribution is -0.170. The van der Waals surface area contributed by atoms with Crippen LogP contribution in [0.5, 0.6) is 0 Å². The number of carboxylic acids is 1. The van der Waals surface area contributed by atoms with Gasteiger partial charge < -0.3 is 10.2 Å². The monoisotopic (exact) mass is 120 g/mol. The molecule has 0 rings (SSSR count). The Hall–Kier alpha value is -0.650. The van der Waals surface area contributed by atoms with E-state index in [9.17, 15) is 9.90 Å². The Morgan fingerprint density at radius 3 is 2.12 bits per heavy atom. The van der Waals surface area contributed by atoms with Crippen LogP contribution in [0, 0.1) is 0 Å². The molecule has 0 spiro atoms. The lowest BCUT2D eigenvalue weighted by Crippen LogP contribution is -2.49. The molecular formula is C3H6NO4. The van der Waals surface area contributed by atoms with Crippen LogP contribution >= 0.6 is 0 Å². The summed E-state index contributed by atoms with van der Waals surface area (Å²) in [5.41, 5.74) is 1.72. The Balaban J connectivity index is 3.91. The highest BCUT2D eigenvalue weighted by molar-refractivity contribution is 5.76. The van der Waals surface area contributed by atoms with Crippen LogP contribution < -0.4 is 5.73 Å². The molecule has 0 aliphatic carbocycles. The maximum absolute atomic E-state index is 10.1. The summed E-state index contributed by atoms with van der Waals surface area (Å²) in [6.45, 7) is -1.09. The van der Waals surface area contributed by atoms with E-state index in [1.165, 1.54) is 0 Å². The molecule has 0 fully saturated rings. The van der Waals surface area contributed by atoms with Crippen LogP contribution in [0.4, 0.5) is 0 Å². The zero-order valence-electron chi connectivity index (χ0n) is 4.00. The average molecular weight is 120 g/mol. The van der Waals surface area contributed by atoms with Gasteiger partial charge in [0.2, 0.25) is 0 Å². The SMILES string of the molecule is N[C@@]([O])(CO)C(=O)O. The molecule has 5 heteroatoms. The summed E-state index contributed by atoms with van der Waals surface area (Å²) in [6, 6.07) is 0. The van der Waals surface area contributed by atoms with Crippen molar-refractivity contribution >= 4 is 5.97 Å². The molecule has 47 valence electrons. The van der Waals surface area contributed by atoms with Crippen molar-refractivity contribution in [2.24, 2.45) is 5.73 Å². The Labute approximate surface area is 45.4 Å². The molecule has 0 heterocycles. The molecule has 0 saturated carbocycles. The number of carbonyl (C=O) groups is 1. The van der Waals surface area contributed by atoms with E-state index >= 15 is 0 Å². The number of aliphatic carboxylic acids is 1. The predicted octanol–water partition coefficient (Wildman–Crippen LogP) is -1.85. The first kappa shape index (κ1) is 7.35. The van der Waals surface area contributed by atoms with Gasteiger partial charge in [0.1, 0.15) is 0 Å². The predicted molar refractivity (Wildman–Crippen MR) is 22.3 cm³/mol. The summed E-state index contributed by atoms with van der Waals surface area (Å²) >= 11 is 0. The smallest absolute Gasteiger partial charge is 0.356 e. The molecule has 1 atom stereocenters. The second-order valence-electron chi connectivity index (χ2n) is 1.35. The number of rotatable bonds is 2. The number of hydrogen-bond donors (Lipinski definition) is 3. The number of nitrogens with two attached hydrogens (primary N) is 1. The first-order valence-corrected chi connectivity index (χ1v) is 1.84. The second-order valence-corrected chi connectivity index (χ2v) is 1.35. The van der Waals surface area contributed by atoms with E-state index in [-0.39, 0.29) is 0 Å². The number of carboxylic acid groups (broad SMARTS) is 1. The summed E-state index contributed by atoms with van der Waals surface area (Å²) in [7, 11) is 0. The van der Waals surface area contributed by atoms with Crippen LogP contribution in [0.15, 0.2) is 0 Å². The molecule has 1 radical (unpaired) electrons. The molecule has 8 heavy (non-hydrogen) atoms. The van der Waals surface area contributed by atoms with Gasteiger partial charge in [-0.2, -0.15) is 5.11 Å². The van der Waals surface area contributed by atoms with E-state index in [4.69, 9.17) is 10.2 Å². The topological polar surface area (TPSA) is 103 Å². The minimum absolute atomic E-state index is 1.09. The van der Waals surface area contributed by atoms with E-state index in [1.54, 1.807) is 0 Å². The van der Waals surface area contributed by atoms with Gasteiger partial charge in [0.25, 0.3) is 5.72 Å². The first-order chi connectivity index (χ1) is 3.50. The molecule has 0 aliphatic rings. The average Bonchev–Trinajstić information content (AvgIpc) is 1.67. The lowest BCUT2D eigenvalue weighted by Gasteiger charge is -2.08. The normalized spacial score (nSPS) is 17.4. The van der Waals surface area contributed by atoms with Gasteiger partial charge in [0.15, 0.2) is 0 Å². The summed E-state index contributed by atoms with van der Waals surface area (Å²) in [5.74, 6) is -1.75. The lowest BCUT2D eigenvalue weighted by atomic mass is 10.3. The van der Waals surface area contributed by atoms with Gasteiger partial charge in [-0.15, -0.1) is 0 Å². The Morgan fingerprint density at radius 2 is 2.12 bits per heavy atom. The molecule has 4 N–H and O–H groups in total. The van der Waals surface area contributed by atoms with Gasteiger partial charge in [0.05, 0.1) is 6.61 Å². The van der Waals surface area contributed by atoms with Crippen molar-refractivity contribution < 1.29 is 20.1 Å². The molecule has 0 unspecified atom stereocenters. The van der Waals surface area contributed by atoms with Crippen LogP contribution in [0.25, 0.3) is 0 Å². The summed E-state index contributed by atoms with van der Waals surface area (Å²) < 4.78 is 0. The van der Waals surface area contributed by atoms with Crippen LogP contribution in [0.3, 0.4) is 0 Å². The highest BCUT2D eigenvalue weighted by Crippen LogP contribution is 1.91. The standard InChI is InChI=1S/C3H6NO4/c4-3(8,1-5)2(6)7/h5H,1,4H2,(H,6,7)/t3-/m1/s1. The highest BCUT2D eigenvalue weighted by Gasteiger charge is 2.31. The molecule has 5 nitrogen and oxygen atoms in total. The Bertz CT molecular complexity index is 99.5. The first-order valence-electron chi connectivity index (χ1n) is 1.84. The third-order valence-electron chi connectivity index (χ3n) is 0.597. The van der Waals surface area contributed by atoms with Crippen molar-refractivity contribution in [3.05, 3.63) is 0 Å². The molecule has 0 aliphatic heterocycles. The van der Waals surface area contributed by atoms with E-state index in [0.29, 0.717) is 0 Å².